The number of nitrogens with zero attached hydrogens (tertiary/aromatic N) is 2. The summed E-state index contributed by atoms with van der Waals surface area (Å²) in [6.45, 7) is 1.66. The molecule has 0 aliphatic rings. The third-order valence-corrected chi connectivity index (χ3v) is 3.45. The van der Waals surface area contributed by atoms with E-state index in [2.05, 4.69) is 17.1 Å². The maximum Gasteiger partial charge on any atom is 0.0920 e. The Balaban J connectivity index is 2.39. The maximum atomic E-state index is 5.70. The molecule has 2 rings (SSSR count). The van der Waals surface area contributed by atoms with E-state index in [9.17, 15) is 0 Å². The molecule has 23 heavy (non-hydrogen) atoms. The minimum atomic E-state index is 0.235. The van der Waals surface area contributed by atoms with Gasteiger partial charge in [0.2, 0.25) is 0 Å². The molecule has 4 nitrogen and oxygen atoms in total. The second kappa shape index (κ2) is 9.66. The zero-order valence-electron chi connectivity index (χ0n) is 13.4. The summed E-state index contributed by atoms with van der Waals surface area (Å²) in [6, 6.07) is 20.2. The highest BCUT2D eigenvalue weighted by atomic mass is 14.9. The highest BCUT2D eigenvalue weighted by Gasteiger charge is 2.13. The molecule has 0 unspecified atom stereocenters. The second-order valence-corrected chi connectivity index (χ2v) is 5.15. The van der Waals surface area contributed by atoms with Crippen molar-refractivity contribution in [3.8, 4) is 0 Å². The Morgan fingerprint density at radius 1 is 0.696 bits per heavy atom. The summed E-state index contributed by atoms with van der Waals surface area (Å²) in [5.41, 5.74) is 15.1. The van der Waals surface area contributed by atoms with Crippen LogP contribution in [0.5, 0.6) is 0 Å². The van der Waals surface area contributed by atoms with E-state index in [1.807, 2.05) is 48.5 Å². The van der Waals surface area contributed by atoms with E-state index in [0.29, 0.717) is 6.54 Å². The van der Waals surface area contributed by atoms with E-state index in [1.54, 1.807) is 0 Å². The molecule has 0 radical (unpaired) electrons. The first-order valence-electron chi connectivity index (χ1n) is 7.97. The highest BCUT2D eigenvalue weighted by molar-refractivity contribution is 6.53. The summed E-state index contributed by atoms with van der Waals surface area (Å²) in [4.78, 5) is 9.31. The van der Waals surface area contributed by atoms with Crippen LogP contribution in [0.4, 0.5) is 0 Å². The van der Waals surface area contributed by atoms with Gasteiger partial charge in [0, 0.05) is 17.7 Å². The number of benzene rings is 2. The van der Waals surface area contributed by atoms with Crippen LogP contribution in [-0.2, 0) is 0 Å². The average Bonchev–Trinajstić information content (AvgIpc) is 2.62. The van der Waals surface area contributed by atoms with Crippen LogP contribution >= 0.6 is 0 Å². The number of hydrogen-bond acceptors (Lipinski definition) is 4. The molecule has 0 aromatic heterocycles. The van der Waals surface area contributed by atoms with E-state index >= 15 is 0 Å². The van der Waals surface area contributed by atoms with Crippen molar-refractivity contribution in [2.24, 2.45) is 21.5 Å². The zero-order chi connectivity index (χ0) is 16.3. The summed E-state index contributed by atoms with van der Waals surface area (Å²) in [7, 11) is 0. The lowest BCUT2D eigenvalue weighted by Gasteiger charge is -2.11. The largest absolute Gasteiger partial charge is 0.330 e. The molecule has 0 bridgehead atoms. The monoisotopic (exact) mass is 308 g/mol. The zero-order valence-corrected chi connectivity index (χ0v) is 13.4. The van der Waals surface area contributed by atoms with Gasteiger partial charge in [-0.1, -0.05) is 60.7 Å². The molecular formula is C19H24N4. The van der Waals surface area contributed by atoms with Crippen LogP contribution in [-0.4, -0.2) is 31.2 Å². The van der Waals surface area contributed by atoms with Crippen LogP contribution in [0.3, 0.4) is 0 Å². The predicted molar refractivity (Wildman–Crippen MR) is 98.2 cm³/mol. The second-order valence-electron chi connectivity index (χ2n) is 5.15. The van der Waals surface area contributed by atoms with Crippen LogP contribution in [0.25, 0.3) is 0 Å². The number of unbranched alkanes of at least 4 members (excludes halogenated alkanes) is 1. The van der Waals surface area contributed by atoms with Crippen LogP contribution in [0.2, 0.25) is 0 Å². The van der Waals surface area contributed by atoms with Crippen LogP contribution < -0.4 is 11.5 Å². The summed E-state index contributed by atoms with van der Waals surface area (Å²) in [6.07, 6.45) is 1.94. The Morgan fingerprint density at radius 3 is 1.70 bits per heavy atom. The lowest BCUT2D eigenvalue weighted by Crippen LogP contribution is -2.20. The predicted octanol–water partition coefficient (Wildman–Crippen LogP) is 2.62. The standard InChI is InChI=1S/C19H24N4/c20-13-7-8-14-22-18(16-9-3-1-4-10-16)19(23-15-21)17-11-5-2-6-12-17/h1-6,9-12H,7-8,13-15,20-21H2. The first-order valence-corrected chi connectivity index (χ1v) is 7.97. The first-order chi connectivity index (χ1) is 11.4. The van der Waals surface area contributed by atoms with Crippen molar-refractivity contribution in [2.75, 3.05) is 19.8 Å². The summed E-state index contributed by atoms with van der Waals surface area (Å²) < 4.78 is 0. The van der Waals surface area contributed by atoms with Gasteiger partial charge in [0.15, 0.2) is 0 Å². The van der Waals surface area contributed by atoms with Gasteiger partial charge in [-0.2, -0.15) is 0 Å². The van der Waals surface area contributed by atoms with Crippen molar-refractivity contribution in [3.63, 3.8) is 0 Å². The molecule has 0 aliphatic carbocycles. The summed E-state index contributed by atoms with van der Waals surface area (Å²) >= 11 is 0. The molecule has 0 fully saturated rings. The number of aliphatic imine (C=N–C) groups is 2. The van der Waals surface area contributed by atoms with Gasteiger partial charge < -0.3 is 11.5 Å². The molecule has 2 aromatic rings. The quantitative estimate of drug-likeness (QED) is 0.581. The SMILES string of the molecule is NCCCCN=C(C(=NCN)c1ccccc1)c1ccccc1. The molecule has 0 atom stereocenters. The molecule has 4 N–H and O–H groups in total. The highest BCUT2D eigenvalue weighted by Crippen LogP contribution is 2.11. The molecule has 2 aromatic carbocycles. The summed E-state index contributed by atoms with van der Waals surface area (Å²) in [5, 5.41) is 0. The van der Waals surface area contributed by atoms with Crippen molar-refractivity contribution in [2.45, 2.75) is 12.8 Å². The van der Waals surface area contributed by atoms with Gasteiger partial charge in [-0.25, -0.2) is 0 Å². The molecule has 0 heterocycles. The molecule has 120 valence electrons. The first kappa shape index (κ1) is 17.1. The maximum absolute atomic E-state index is 5.70. The lowest BCUT2D eigenvalue weighted by atomic mass is 9.99. The van der Waals surface area contributed by atoms with E-state index in [0.717, 1.165) is 41.9 Å². The van der Waals surface area contributed by atoms with Crippen molar-refractivity contribution in [1.29, 1.82) is 0 Å². The lowest BCUT2D eigenvalue weighted by molar-refractivity contribution is 0.757. The van der Waals surface area contributed by atoms with E-state index in [-0.39, 0.29) is 6.67 Å². The fourth-order valence-corrected chi connectivity index (χ4v) is 2.34. The van der Waals surface area contributed by atoms with Gasteiger partial charge in [0.1, 0.15) is 0 Å². The minimum absolute atomic E-state index is 0.235. The Morgan fingerprint density at radius 2 is 1.22 bits per heavy atom. The molecular weight excluding hydrogens is 284 g/mol. The third-order valence-electron chi connectivity index (χ3n) is 3.45. The van der Waals surface area contributed by atoms with Crippen molar-refractivity contribution in [3.05, 3.63) is 71.8 Å². The fraction of sp³-hybridized carbons (Fsp3) is 0.263. The van der Waals surface area contributed by atoms with Crippen LogP contribution in [0.15, 0.2) is 70.6 Å². The number of nitrogens with two attached hydrogens (primary N) is 2. The van der Waals surface area contributed by atoms with Crippen molar-refractivity contribution < 1.29 is 0 Å². The fourth-order valence-electron chi connectivity index (χ4n) is 2.34. The molecule has 0 spiro atoms. The van der Waals surface area contributed by atoms with Crippen LogP contribution in [0, 0.1) is 0 Å². The van der Waals surface area contributed by atoms with Gasteiger partial charge in [0.05, 0.1) is 18.1 Å². The van der Waals surface area contributed by atoms with E-state index in [4.69, 9.17) is 16.5 Å². The van der Waals surface area contributed by atoms with Gasteiger partial charge >= 0.3 is 0 Å². The smallest absolute Gasteiger partial charge is 0.0920 e. The Bertz CT molecular complexity index is 633. The van der Waals surface area contributed by atoms with Crippen molar-refractivity contribution in [1.82, 2.24) is 0 Å². The Labute approximate surface area is 138 Å². The van der Waals surface area contributed by atoms with Crippen molar-refractivity contribution >= 4 is 11.4 Å². The average molecular weight is 308 g/mol. The molecule has 0 amide bonds. The van der Waals surface area contributed by atoms with Gasteiger partial charge in [-0.05, 0) is 19.4 Å². The number of rotatable bonds is 8. The topological polar surface area (TPSA) is 76.8 Å². The summed E-state index contributed by atoms with van der Waals surface area (Å²) in [5.74, 6) is 0. The Kier molecular flexibility index (Phi) is 7.17. The van der Waals surface area contributed by atoms with Gasteiger partial charge in [-0.15, -0.1) is 0 Å². The van der Waals surface area contributed by atoms with E-state index in [1.165, 1.54) is 0 Å². The number of hydrogen-bond donors (Lipinski definition) is 2. The molecule has 0 saturated heterocycles. The van der Waals surface area contributed by atoms with E-state index < -0.39 is 0 Å². The normalized spacial score (nSPS) is 12.4. The Hall–Kier alpha value is -2.30. The van der Waals surface area contributed by atoms with Gasteiger partial charge in [0.25, 0.3) is 0 Å². The molecule has 4 heteroatoms. The van der Waals surface area contributed by atoms with Gasteiger partial charge in [-0.3, -0.25) is 9.98 Å². The third kappa shape index (κ3) is 5.13. The van der Waals surface area contributed by atoms with Crippen LogP contribution in [0.1, 0.15) is 24.0 Å². The minimum Gasteiger partial charge on any atom is -0.330 e. The molecule has 0 aliphatic heterocycles. The molecule has 0 saturated carbocycles.